The van der Waals surface area contributed by atoms with Gasteiger partial charge in [0.25, 0.3) is 5.91 Å². The van der Waals surface area contributed by atoms with Gasteiger partial charge in [-0.15, -0.1) is 12.4 Å². The minimum absolute atomic E-state index is 0. The molecule has 0 saturated heterocycles. The van der Waals surface area contributed by atoms with Crippen molar-refractivity contribution < 1.29 is 9.42 Å². The van der Waals surface area contributed by atoms with Gasteiger partial charge in [0, 0.05) is 23.0 Å². The third-order valence-corrected chi connectivity index (χ3v) is 5.85. The summed E-state index contributed by atoms with van der Waals surface area (Å²) in [5.74, 6) is 0.844. The molecule has 0 spiro atoms. The number of carbonyl (C=O) groups is 1. The molecule has 1 aliphatic carbocycles. The molecule has 2 heterocycles. The number of nitrogens with one attached hydrogen (secondary N) is 2. The normalized spacial score (nSPS) is 18.5. The highest BCUT2D eigenvalue weighted by atomic mass is 35.5. The second-order valence-corrected chi connectivity index (χ2v) is 7.98. The minimum atomic E-state index is -0.0804. The van der Waals surface area contributed by atoms with Crippen LogP contribution in [0.3, 0.4) is 0 Å². The summed E-state index contributed by atoms with van der Waals surface area (Å²) in [5, 5.41) is 15.5. The van der Waals surface area contributed by atoms with Crippen LogP contribution in [-0.4, -0.2) is 33.3 Å². The van der Waals surface area contributed by atoms with E-state index in [-0.39, 0.29) is 24.4 Å². The molecule has 2 aromatic heterocycles. The Bertz CT molecular complexity index is 1220. The standard InChI is InChI=1S/C23H23N5O2.ClH/c1-14-12-22(26-19-5-3-2-4-18(14)19)24-16-7-9-17(10-8-16)25-23(29)15-6-11-20-21(13-15)28-30-27-20;/h2-6,11-13,16-17H,7-10H2,1H3,(H,24,26)(H,25,29);1H. The first-order chi connectivity index (χ1) is 14.7. The molecule has 31 heavy (non-hydrogen) atoms. The average molecular weight is 438 g/mol. The summed E-state index contributed by atoms with van der Waals surface area (Å²) < 4.78 is 4.70. The minimum Gasteiger partial charge on any atom is -0.367 e. The quantitative estimate of drug-likeness (QED) is 0.482. The van der Waals surface area contributed by atoms with Crippen LogP contribution >= 0.6 is 12.4 Å². The zero-order chi connectivity index (χ0) is 20.5. The molecule has 1 amide bonds. The number of aryl methyl sites for hydroxylation is 1. The number of anilines is 1. The molecule has 0 aliphatic heterocycles. The van der Waals surface area contributed by atoms with Crippen molar-refractivity contribution in [2.75, 3.05) is 5.32 Å². The smallest absolute Gasteiger partial charge is 0.251 e. The van der Waals surface area contributed by atoms with Crippen molar-refractivity contribution in [3.63, 3.8) is 0 Å². The SMILES string of the molecule is Cc1cc(NC2CCC(NC(=O)c3ccc4nonc4c3)CC2)nc2ccccc12.Cl. The number of amides is 1. The molecule has 8 heteroatoms. The van der Waals surface area contributed by atoms with Crippen LogP contribution in [0, 0.1) is 6.92 Å². The molecule has 160 valence electrons. The lowest BCUT2D eigenvalue weighted by molar-refractivity contribution is 0.0926. The Balaban J connectivity index is 0.00000231. The maximum absolute atomic E-state index is 12.6. The molecule has 5 rings (SSSR count). The molecule has 2 N–H and O–H groups in total. The van der Waals surface area contributed by atoms with Crippen molar-refractivity contribution in [1.29, 1.82) is 0 Å². The van der Waals surface area contributed by atoms with Gasteiger partial charge in [-0.1, -0.05) is 18.2 Å². The first-order valence-corrected chi connectivity index (χ1v) is 10.3. The second kappa shape index (κ2) is 8.89. The largest absolute Gasteiger partial charge is 0.367 e. The van der Waals surface area contributed by atoms with E-state index in [4.69, 9.17) is 9.61 Å². The van der Waals surface area contributed by atoms with Gasteiger partial charge in [0.05, 0.1) is 5.52 Å². The monoisotopic (exact) mass is 437 g/mol. The number of hydrogen-bond acceptors (Lipinski definition) is 6. The highest BCUT2D eigenvalue weighted by Gasteiger charge is 2.23. The van der Waals surface area contributed by atoms with Gasteiger partial charge in [0.2, 0.25) is 0 Å². The van der Waals surface area contributed by atoms with Crippen molar-refractivity contribution in [3.8, 4) is 0 Å². The van der Waals surface area contributed by atoms with Gasteiger partial charge in [0.1, 0.15) is 16.9 Å². The maximum atomic E-state index is 12.6. The van der Waals surface area contributed by atoms with Crippen LogP contribution in [0.5, 0.6) is 0 Å². The van der Waals surface area contributed by atoms with Crippen LogP contribution in [0.2, 0.25) is 0 Å². The highest BCUT2D eigenvalue weighted by molar-refractivity contribution is 5.97. The fourth-order valence-corrected chi connectivity index (χ4v) is 4.21. The summed E-state index contributed by atoms with van der Waals surface area (Å²) in [5.41, 5.74) is 4.06. The maximum Gasteiger partial charge on any atom is 0.251 e. The number of fused-ring (bicyclic) bond motifs is 2. The lowest BCUT2D eigenvalue weighted by Crippen LogP contribution is -2.40. The summed E-state index contributed by atoms with van der Waals surface area (Å²) in [7, 11) is 0. The van der Waals surface area contributed by atoms with E-state index in [0.717, 1.165) is 37.0 Å². The van der Waals surface area contributed by atoms with E-state index in [0.29, 0.717) is 22.6 Å². The molecule has 0 atom stereocenters. The van der Waals surface area contributed by atoms with Crippen LogP contribution < -0.4 is 10.6 Å². The van der Waals surface area contributed by atoms with Crippen molar-refractivity contribution >= 4 is 46.1 Å². The van der Waals surface area contributed by atoms with E-state index < -0.39 is 0 Å². The van der Waals surface area contributed by atoms with Gasteiger partial charge in [-0.2, -0.15) is 0 Å². The number of nitrogens with zero attached hydrogens (tertiary/aromatic N) is 3. The highest BCUT2D eigenvalue weighted by Crippen LogP contribution is 2.25. The fourth-order valence-electron chi connectivity index (χ4n) is 4.21. The number of hydrogen-bond donors (Lipinski definition) is 2. The van der Waals surface area contributed by atoms with E-state index >= 15 is 0 Å². The molecular weight excluding hydrogens is 414 g/mol. The third-order valence-electron chi connectivity index (χ3n) is 5.85. The third kappa shape index (κ3) is 4.46. The van der Waals surface area contributed by atoms with Gasteiger partial charge in [0.15, 0.2) is 0 Å². The Morgan fingerprint density at radius 1 is 0.935 bits per heavy atom. The molecular formula is C23H24ClN5O2. The Hall–Kier alpha value is -3.19. The van der Waals surface area contributed by atoms with E-state index in [1.807, 2.05) is 18.2 Å². The Kier molecular flexibility index (Phi) is 6.04. The topological polar surface area (TPSA) is 92.9 Å². The Morgan fingerprint density at radius 3 is 2.52 bits per heavy atom. The zero-order valence-electron chi connectivity index (χ0n) is 17.2. The van der Waals surface area contributed by atoms with E-state index in [2.05, 4.69) is 40.0 Å². The number of para-hydroxylation sites is 1. The van der Waals surface area contributed by atoms with Crippen LogP contribution in [0.25, 0.3) is 21.9 Å². The van der Waals surface area contributed by atoms with E-state index in [1.165, 1.54) is 10.9 Å². The molecule has 7 nitrogen and oxygen atoms in total. The zero-order valence-corrected chi connectivity index (χ0v) is 18.0. The van der Waals surface area contributed by atoms with Gasteiger partial charge >= 0.3 is 0 Å². The number of rotatable bonds is 4. The van der Waals surface area contributed by atoms with Crippen molar-refractivity contribution in [2.24, 2.45) is 0 Å². The first kappa shape index (κ1) is 21.1. The molecule has 0 bridgehead atoms. The molecule has 4 aromatic rings. The van der Waals surface area contributed by atoms with Gasteiger partial charge in [-0.05, 0) is 78.8 Å². The summed E-state index contributed by atoms with van der Waals surface area (Å²) in [4.78, 5) is 17.4. The van der Waals surface area contributed by atoms with Crippen molar-refractivity contribution in [3.05, 3.63) is 59.7 Å². The summed E-state index contributed by atoms with van der Waals surface area (Å²) in [6, 6.07) is 16.1. The number of benzene rings is 2. The fraction of sp³-hybridized carbons (Fsp3) is 0.304. The van der Waals surface area contributed by atoms with Gasteiger partial charge in [-0.3, -0.25) is 4.79 Å². The van der Waals surface area contributed by atoms with Crippen LogP contribution in [0.1, 0.15) is 41.6 Å². The van der Waals surface area contributed by atoms with E-state index in [9.17, 15) is 4.79 Å². The predicted molar refractivity (Wildman–Crippen MR) is 123 cm³/mol. The second-order valence-electron chi connectivity index (χ2n) is 7.98. The van der Waals surface area contributed by atoms with Gasteiger partial charge < -0.3 is 10.6 Å². The molecule has 0 radical (unpaired) electrons. The Morgan fingerprint density at radius 2 is 1.68 bits per heavy atom. The number of pyridine rings is 1. The number of aromatic nitrogens is 3. The lowest BCUT2D eigenvalue weighted by atomic mass is 9.91. The Labute approximate surface area is 186 Å². The number of halogens is 1. The van der Waals surface area contributed by atoms with Gasteiger partial charge in [-0.25, -0.2) is 9.61 Å². The van der Waals surface area contributed by atoms with Crippen LogP contribution in [-0.2, 0) is 0 Å². The molecule has 1 saturated carbocycles. The lowest BCUT2D eigenvalue weighted by Gasteiger charge is -2.30. The molecule has 2 aromatic carbocycles. The average Bonchev–Trinajstić information content (AvgIpc) is 3.23. The van der Waals surface area contributed by atoms with Crippen LogP contribution in [0.4, 0.5) is 5.82 Å². The number of carbonyl (C=O) groups excluding carboxylic acids is 1. The molecule has 0 unspecified atom stereocenters. The predicted octanol–water partition coefficient (Wildman–Crippen LogP) is 4.65. The molecule has 1 aliphatic rings. The summed E-state index contributed by atoms with van der Waals surface area (Å²) in [6.45, 7) is 2.12. The summed E-state index contributed by atoms with van der Waals surface area (Å²) in [6.07, 6.45) is 3.85. The van der Waals surface area contributed by atoms with Crippen molar-refractivity contribution in [1.82, 2.24) is 20.6 Å². The summed E-state index contributed by atoms with van der Waals surface area (Å²) >= 11 is 0. The van der Waals surface area contributed by atoms with Crippen molar-refractivity contribution in [2.45, 2.75) is 44.7 Å². The van der Waals surface area contributed by atoms with E-state index in [1.54, 1.807) is 18.2 Å². The first-order valence-electron chi connectivity index (χ1n) is 10.3. The van der Waals surface area contributed by atoms with Crippen LogP contribution in [0.15, 0.2) is 53.2 Å². The molecule has 1 fully saturated rings.